The average molecular weight is 305 g/mol. The molecule has 0 aliphatic carbocycles. The largest absolute Gasteiger partial charge is 0.493 e. The van der Waals surface area contributed by atoms with Crippen molar-refractivity contribution >= 4 is 0 Å². The lowest BCUT2D eigenvalue weighted by atomic mass is 9.89. The fraction of sp³-hybridized carbons (Fsp3) is 0.684. The Bertz CT molecular complexity index is 482. The number of nitrogens with one attached hydrogen (secondary N) is 1. The first kappa shape index (κ1) is 17.1. The van der Waals surface area contributed by atoms with Gasteiger partial charge in [0.15, 0.2) is 0 Å². The number of fused-ring (bicyclic) bond motifs is 1. The summed E-state index contributed by atoms with van der Waals surface area (Å²) >= 11 is 0. The molecule has 0 amide bonds. The molecule has 1 N–H and O–H groups in total. The Hall–Kier alpha value is -1.22. The lowest BCUT2D eigenvalue weighted by Gasteiger charge is -2.38. The quantitative estimate of drug-likeness (QED) is 0.740. The fourth-order valence-electron chi connectivity index (χ4n) is 2.82. The highest BCUT2D eigenvalue weighted by Gasteiger charge is 2.33. The summed E-state index contributed by atoms with van der Waals surface area (Å²) < 4.78 is 12.0. The van der Waals surface area contributed by atoms with Crippen LogP contribution in [0.25, 0.3) is 0 Å². The van der Waals surface area contributed by atoms with Crippen molar-refractivity contribution in [3.63, 3.8) is 0 Å². The Labute approximate surface area is 135 Å². The van der Waals surface area contributed by atoms with Crippen molar-refractivity contribution in [3.05, 3.63) is 23.8 Å². The molecule has 0 bridgehead atoms. The molecule has 1 aromatic carbocycles. The second-order valence-electron chi connectivity index (χ2n) is 7.33. The fourth-order valence-corrected chi connectivity index (χ4v) is 2.82. The predicted octanol–water partition coefficient (Wildman–Crippen LogP) is 4.71. The Kier molecular flexibility index (Phi) is 5.74. The van der Waals surface area contributed by atoms with Gasteiger partial charge in [-0.2, -0.15) is 0 Å². The number of benzene rings is 1. The smallest absolute Gasteiger partial charge is 0.128 e. The van der Waals surface area contributed by atoms with Crippen molar-refractivity contribution in [2.75, 3.05) is 13.2 Å². The van der Waals surface area contributed by atoms with E-state index >= 15 is 0 Å². The highest BCUT2D eigenvalue weighted by molar-refractivity contribution is 5.44. The molecule has 22 heavy (non-hydrogen) atoms. The van der Waals surface area contributed by atoms with E-state index in [1.54, 1.807) is 0 Å². The van der Waals surface area contributed by atoms with E-state index in [0.717, 1.165) is 31.1 Å². The Morgan fingerprint density at radius 1 is 1.36 bits per heavy atom. The van der Waals surface area contributed by atoms with Crippen LogP contribution in [-0.4, -0.2) is 18.8 Å². The van der Waals surface area contributed by atoms with E-state index in [2.05, 4.69) is 52.1 Å². The molecule has 0 radical (unpaired) electrons. The van der Waals surface area contributed by atoms with Crippen molar-refractivity contribution < 1.29 is 9.47 Å². The van der Waals surface area contributed by atoms with Crippen molar-refractivity contribution in [1.82, 2.24) is 5.32 Å². The van der Waals surface area contributed by atoms with Crippen LogP contribution in [-0.2, 0) is 0 Å². The standard InChI is InChI=1S/C19H31NO2/c1-6-7-10-20-17-12-19(4,5)22-18-11-15(8-9-16(17)18)21-13-14(2)3/h8-9,11,14,17,20H,6-7,10,12-13H2,1-5H3. The average Bonchev–Trinajstić information content (AvgIpc) is 2.43. The normalized spacial score (nSPS) is 19.6. The first-order valence-corrected chi connectivity index (χ1v) is 8.60. The molecule has 1 atom stereocenters. The van der Waals surface area contributed by atoms with Gasteiger partial charge >= 0.3 is 0 Å². The minimum Gasteiger partial charge on any atom is -0.493 e. The molecule has 1 aliphatic rings. The van der Waals surface area contributed by atoms with Crippen LogP contribution in [0.15, 0.2) is 18.2 Å². The molecule has 124 valence electrons. The molecule has 0 aromatic heterocycles. The van der Waals surface area contributed by atoms with Gasteiger partial charge in [-0.1, -0.05) is 33.3 Å². The molecule has 3 nitrogen and oxygen atoms in total. The maximum atomic E-state index is 6.18. The van der Waals surface area contributed by atoms with Crippen LogP contribution in [0.1, 0.15) is 65.5 Å². The highest BCUT2D eigenvalue weighted by atomic mass is 16.5. The molecular weight excluding hydrogens is 274 g/mol. The molecule has 1 aromatic rings. The molecule has 0 saturated carbocycles. The number of unbranched alkanes of at least 4 members (excludes halogenated alkanes) is 1. The maximum absolute atomic E-state index is 6.18. The molecule has 0 saturated heterocycles. The van der Waals surface area contributed by atoms with E-state index in [1.807, 2.05) is 6.07 Å². The lowest BCUT2D eigenvalue weighted by molar-refractivity contribution is 0.0656. The van der Waals surface area contributed by atoms with Crippen LogP contribution in [0.4, 0.5) is 0 Å². The third kappa shape index (κ3) is 4.64. The van der Waals surface area contributed by atoms with Crippen molar-refractivity contribution in [1.29, 1.82) is 0 Å². The molecule has 1 heterocycles. The van der Waals surface area contributed by atoms with Gasteiger partial charge in [0, 0.05) is 24.1 Å². The molecule has 1 aliphatic heterocycles. The minimum atomic E-state index is -0.145. The third-order valence-electron chi connectivity index (χ3n) is 3.95. The number of hydrogen-bond donors (Lipinski definition) is 1. The molecular formula is C19H31NO2. The van der Waals surface area contributed by atoms with Gasteiger partial charge in [0.1, 0.15) is 17.1 Å². The van der Waals surface area contributed by atoms with Crippen LogP contribution in [0, 0.1) is 5.92 Å². The van der Waals surface area contributed by atoms with E-state index < -0.39 is 0 Å². The second kappa shape index (κ2) is 7.36. The second-order valence-corrected chi connectivity index (χ2v) is 7.33. The van der Waals surface area contributed by atoms with Gasteiger partial charge in [-0.15, -0.1) is 0 Å². The van der Waals surface area contributed by atoms with Crippen LogP contribution in [0.5, 0.6) is 11.5 Å². The summed E-state index contributed by atoms with van der Waals surface area (Å²) in [5.41, 5.74) is 1.11. The summed E-state index contributed by atoms with van der Waals surface area (Å²) in [7, 11) is 0. The van der Waals surface area contributed by atoms with E-state index in [0.29, 0.717) is 12.0 Å². The zero-order valence-corrected chi connectivity index (χ0v) is 14.7. The first-order valence-electron chi connectivity index (χ1n) is 8.60. The van der Waals surface area contributed by atoms with Crippen LogP contribution in [0.2, 0.25) is 0 Å². The van der Waals surface area contributed by atoms with E-state index in [9.17, 15) is 0 Å². The monoisotopic (exact) mass is 305 g/mol. The summed E-state index contributed by atoms with van der Waals surface area (Å²) in [5.74, 6) is 2.39. The minimum absolute atomic E-state index is 0.145. The number of hydrogen-bond acceptors (Lipinski definition) is 3. The molecule has 1 unspecified atom stereocenters. The Morgan fingerprint density at radius 3 is 2.82 bits per heavy atom. The maximum Gasteiger partial charge on any atom is 0.128 e. The van der Waals surface area contributed by atoms with Crippen LogP contribution in [0.3, 0.4) is 0 Å². The SMILES string of the molecule is CCCCNC1CC(C)(C)Oc2cc(OCC(C)C)ccc21. The number of rotatable bonds is 7. The summed E-state index contributed by atoms with van der Waals surface area (Å²) in [5, 5.41) is 3.68. The summed E-state index contributed by atoms with van der Waals surface area (Å²) in [6.45, 7) is 12.7. The highest BCUT2D eigenvalue weighted by Crippen LogP contribution is 2.41. The molecule has 2 rings (SSSR count). The first-order chi connectivity index (χ1) is 10.4. The molecule has 3 heteroatoms. The van der Waals surface area contributed by atoms with Gasteiger partial charge < -0.3 is 14.8 Å². The lowest BCUT2D eigenvalue weighted by Crippen LogP contribution is -2.39. The van der Waals surface area contributed by atoms with Crippen molar-refractivity contribution in [2.24, 2.45) is 5.92 Å². The van der Waals surface area contributed by atoms with Crippen LogP contribution < -0.4 is 14.8 Å². The van der Waals surface area contributed by atoms with Crippen molar-refractivity contribution in [2.45, 2.75) is 65.5 Å². The topological polar surface area (TPSA) is 30.5 Å². The zero-order valence-electron chi connectivity index (χ0n) is 14.7. The summed E-state index contributed by atoms with van der Waals surface area (Å²) in [4.78, 5) is 0. The van der Waals surface area contributed by atoms with E-state index in [4.69, 9.17) is 9.47 Å². The van der Waals surface area contributed by atoms with Gasteiger partial charge in [-0.3, -0.25) is 0 Å². The van der Waals surface area contributed by atoms with Gasteiger partial charge in [-0.25, -0.2) is 0 Å². The van der Waals surface area contributed by atoms with Crippen molar-refractivity contribution in [3.8, 4) is 11.5 Å². The Morgan fingerprint density at radius 2 is 2.14 bits per heavy atom. The predicted molar refractivity (Wildman–Crippen MR) is 91.8 cm³/mol. The molecule has 0 fully saturated rings. The van der Waals surface area contributed by atoms with Gasteiger partial charge in [-0.05, 0) is 38.8 Å². The summed E-state index contributed by atoms with van der Waals surface area (Å²) in [6.07, 6.45) is 3.42. The summed E-state index contributed by atoms with van der Waals surface area (Å²) in [6, 6.07) is 6.64. The Balaban J connectivity index is 2.15. The number of ether oxygens (including phenoxy) is 2. The van der Waals surface area contributed by atoms with Gasteiger partial charge in [0.2, 0.25) is 0 Å². The van der Waals surface area contributed by atoms with Crippen LogP contribution >= 0.6 is 0 Å². The van der Waals surface area contributed by atoms with Gasteiger partial charge in [0.25, 0.3) is 0 Å². The van der Waals surface area contributed by atoms with E-state index in [-0.39, 0.29) is 5.60 Å². The zero-order chi connectivity index (χ0) is 16.2. The van der Waals surface area contributed by atoms with E-state index in [1.165, 1.54) is 18.4 Å². The molecule has 0 spiro atoms. The van der Waals surface area contributed by atoms with Gasteiger partial charge in [0.05, 0.1) is 6.61 Å². The third-order valence-corrected chi connectivity index (χ3v) is 3.95.